The molecule has 156 valence electrons. The van der Waals surface area contributed by atoms with Crippen LogP contribution in [0.25, 0.3) is 0 Å². The van der Waals surface area contributed by atoms with Gasteiger partial charge in [-0.3, -0.25) is 14.3 Å². The van der Waals surface area contributed by atoms with Gasteiger partial charge in [-0.25, -0.2) is 4.79 Å². The van der Waals surface area contributed by atoms with Gasteiger partial charge >= 0.3 is 6.03 Å². The van der Waals surface area contributed by atoms with Crippen molar-refractivity contribution >= 4 is 29.6 Å². The summed E-state index contributed by atoms with van der Waals surface area (Å²) in [5.41, 5.74) is 0. The molecular weight excluding hydrogens is 392 g/mol. The molecule has 29 heavy (non-hydrogen) atoms. The lowest BCUT2D eigenvalue weighted by molar-refractivity contribution is -0.126. The molecule has 10 heteroatoms. The number of hydrogen-bond donors (Lipinski definition) is 1. The summed E-state index contributed by atoms with van der Waals surface area (Å²) in [5, 5.41) is 11.7. The molecule has 0 radical (unpaired) electrons. The lowest BCUT2D eigenvalue weighted by Crippen LogP contribution is -2.39. The van der Waals surface area contributed by atoms with Crippen molar-refractivity contribution in [2.24, 2.45) is 5.92 Å². The third-order valence-corrected chi connectivity index (χ3v) is 6.35. The van der Waals surface area contributed by atoms with Gasteiger partial charge in [0.2, 0.25) is 11.9 Å². The monoisotopic (exact) mass is 418 g/mol. The van der Waals surface area contributed by atoms with Gasteiger partial charge in [0, 0.05) is 26.2 Å². The van der Waals surface area contributed by atoms with Gasteiger partial charge in [0.15, 0.2) is 5.16 Å². The number of nitrogens with one attached hydrogen (secondary N) is 1. The van der Waals surface area contributed by atoms with Crippen molar-refractivity contribution in [2.45, 2.75) is 43.6 Å². The Balaban J connectivity index is 1.57. The Morgan fingerprint density at radius 2 is 2.28 bits per heavy atom. The molecule has 0 spiro atoms. The van der Waals surface area contributed by atoms with E-state index in [-0.39, 0.29) is 11.9 Å². The number of carbonyl (C=O) groups excluding carboxylic acids is 2. The van der Waals surface area contributed by atoms with E-state index in [1.807, 2.05) is 16.7 Å². The van der Waals surface area contributed by atoms with Crippen molar-refractivity contribution in [1.29, 1.82) is 0 Å². The summed E-state index contributed by atoms with van der Waals surface area (Å²) in [6.45, 7) is 7.31. The zero-order valence-corrected chi connectivity index (χ0v) is 17.5. The maximum Gasteiger partial charge on any atom is 0.324 e. The van der Waals surface area contributed by atoms with Gasteiger partial charge in [-0.15, -0.1) is 10.2 Å². The molecule has 2 saturated heterocycles. The van der Waals surface area contributed by atoms with Gasteiger partial charge in [-0.05, 0) is 37.8 Å². The van der Waals surface area contributed by atoms with E-state index in [1.165, 1.54) is 23.1 Å². The van der Waals surface area contributed by atoms with Crippen LogP contribution in [0.4, 0.5) is 10.7 Å². The molecule has 0 saturated carbocycles. The first kappa shape index (κ1) is 19.8. The number of carbonyl (C=O) groups is 2. The summed E-state index contributed by atoms with van der Waals surface area (Å²) in [4.78, 5) is 28.0. The van der Waals surface area contributed by atoms with E-state index in [1.54, 1.807) is 13.2 Å². The molecule has 2 aliphatic heterocycles. The molecule has 2 fully saturated rings. The first-order valence-corrected chi connectivity index (χ1v) is 10.9. The third-order valence-electron chi connectivity index (χ3n) is 5.28. The van der Waals surface area contributed by atoms with E-state index in [2.05, 4.69) is 27.3 Å². The van der Waals surface area contributed by atoms with Crippen LogP contribution in [0.15, 0.2) is 28.0 Å². The molecule has 2 atom stereocenters. The number of piperidine rings is 1. The van der Waals surface area contributed by atoms with Gasteiger partial charge in [0.1, 0.15) is 5.76 Å². The van der Waals surface area contributed by atoms with Gasteiger partial charge in [0.05, 0.1) is 18.1 Å². The van der Waals surface area contributed by atoms with Crippen LogP contribution in [-0.2, 0) is 11.3 Å². The number of nitrogens with zero attached hydrogens (tertiary/aromatic N) is 5. The van der Waals surface area contributed by atoms with Crippen LogP contribution < -0.4 is 10.2 Å². The van der Waals surface area contributed by atoms with Gasteiger partial charge in [0.25, 0.3) is 0 Å². The van der Waals surface area contributed by atoms with Crippen molar-refractivity contribution in [1.82, 2.24) is 25.0 Å². The van der Waals surface area contributed by atoms with Crippen molar-refractivity contribution in [3.05, 3.63) is 24.2 Å². The Morgan fingerprint density at radius 3 is 2.97 bits per heavy atom. The van der Waals surface area contributed by atoms with Crippen LogP contribution in [0, 0.1) is 5.92 Å². The molecule has 2 aromatic rings. The lowest BCUT2D eigenvalue weighted by Gasteiger charge is -2.31. The highest BCUT2D eigenvalue weighted by atomic mass is 32.2. The molecule has 0 unspecified atom stereocenters. The molecule has 0 bridgehead atoms. The average molecular weight is 419 g/mol. The highest BCUT2D eigenvalue weighted by Crippen LogP contribution is 2.30. The van der Waals surface area contributed by atoms with E-state index >= 15 is 0 Å². The summed E-state index contributed by atoms with van der Waals surface area (Å²) >= 11 is 1.32. The number of aromatic nitrogens is 3. The Hall–Kier alpha value is -2.49. The molecule has 2 aliphatic rings. The van der Waals surface area contributed by atoms with Gasteiger partial charge < -0.3 is 14.6 Å². The van der Waals surface area contributed by atoms with E-state index in [0.29, 0.717) is 30.7 Å². The first-order chi connectivity index (χ1) is 14.0. The standard InChI is InChI=1S/C19H26N6O3S/c1-13-5-3-8-23(11-13)17-21-22-19(25(17)12-15-6-4-10-28-15)29-14(2)16(26)24-9-7-20-18(24)27/h4,6,10,13-14H,3,5,7-9,11-12H2,1-2H3,(H,20,27)/t13-,14-/m1/s1. The normalized spacial score (nSPS) is 20.8. The van der Waals surface area contributed by atoms with Crippen molar-refractivity contribution in [2.75, 3.05) is 31.1 Å². The molecule has 0 aliphatic carbocycles. The topological polar surface area (TPSA) is 96.5 Å². The number of hydrogen-bond acceptors (Lipinski definition) is 7. The molecule has 3 amide bonds. The minimum atomic E-state index is -0.452. The molecular formula is C19H26N6O3S. The largest absolute Gasteiger partial charge is 0.467 e. The molecule has 1 N–H and O–H groups in total. The molecule has 0 aromatic carbocycles. The van der Waals surface area contributed by atoms with E-state index < -0.39 is 5.25 Å². The summed E-state index contributed by atoms with van der Waals surface area (Å²) in [7, 11) is 0. The maximum absolute atomic E-state index is 12.7. The van der Waals surface area contributed by atoms with Crippen molar-refractivity contribution in [3.8, 4) is 0 Å². The quantitative estimate of drug-likeness (QED) is 0.718. The lowest BCUT2D eigenvalue weighted by atomic mass is 10.0. The van der Waals surface area contributed by atoms with Gasteiger partial charge in [-0.1, -0.05) is 18.7 Å². The highest BCUT2D eigenvalue weighted by molar-refractivity contribution is 8.00. The molecule has 2 aromatic heterocycles. The fraction of sp³-hybridized carbons (Fsp3) is 0.579. The smallest absolute Gasteiger partial charge is 0.324 e. The van der Waals surface area contributed by atoms with E-state index in [9.17, 15) is 9.59 Å². The summed E-state index contributed by atoms with van der Waals surface area (Å²) in [6.07, 6.45) is 3.98. The highest BCUT2D eigenvalue weighted by Gasteiger charge is 2.32. The summed E-state index contributed by atoms with van der Waals surface area (Å²) < 4.78 is 7.55. The van der Waals surface area contributed by atoms with Crippen LogP contribution in [-0.4, -0.2) is 63.0 Å². The van der Waals surface area contributed by atoms with Gasteiger partial charge in [-0.2, -0.15) is 0 Å². The van der Waals surface area contributed by atoms with Crippen LogP contribution in [0.1, 0.15) is 32.4 Å². The second-order valence-electron chi connectivity index (χ2n) is 7.62. The number of furan rings is 1. The Kier molecular flexibility index (Phi) is 5.79. The second-order valence-corrected chi connectivity index (χ2v) is 8.93. The Bertz CT molecular complexity index is 867. The van der Waals surface area contributed by atoms with Crippen LogP contribution in [0.3, 0.4) is 0 Å². The number of urea groups is 1. The molecule has 9 nitrogen and oxygen atoms in total. The number of rotatable bonds is 6. The molecule has 4 heterocycles. The maximum atomic E-state index is 12.7. The predicted molar refractivity (Wildman–Crippen MR) is 109 cm³/mol. The third kappa shape index (κ3) is 4.26. The summed E-state index contributed by atoms with van der Waals surface area (Å²) in [5.74, 6) is 1.98. The first-order valence-electron chi connectivity index (χ1n) is 9.99. The fourth-order valence-corrected chi connectivity index (χ4v) is 4.69. The zero-order chi connectivity index (χ0) is 20.4. The Labute approximate surface area is 173 Å². The number of amides is 3. The van der Waals surface area contributed by atoms with E-state index in [0.717, 1.165) is 31.2 Å². The van der Waals surface area contributed by atoms with Crippen molar-refractivity contribution < 1.29 is 14.0 Å². The number of imide groups is 1. The summed E-state index contributed by atoms with van der Waals surface area (Å²) in [6, 6.07) is 3.44. The minimum Gasteiger partial charge on any atom is -0.467 e. The van der Waals surface area contributed by atoms with Crippen LogP contribution in [0.2, 0.25) is 0 Å². The van der Waals surface area contributed by atoms with Crippen LogP contribution in [0.5, 0.6) is 0 Å². The van der Waals surface area contributed by atoms with Crippen molar-refractivity contribution in [3.63, 3.8) is 0 Å². The number of anilines is 1. The molecule has 4 rings (SSSR count). The zero-order valence-electron chi connectivity index (χ0n) is 16.7. The minimum absolute atomic E-state index is 0.217. The van der Waals surface area contributed by atoms with E-state index in [4.69, 9.17) is 4.42 Å². The SMILES string of the molecule is C[C@@H]1CCCN(c2nnc(S[C@H](C)C(=O)N3CCNC3=O)n2Cc2ccco2)C1. The average Bonchev–Trinajstić information content (AvgIpc) is 3.44. The Morgan fingerprint density at radius 1 is 1.41 bits per heavy atom. The second kappa shape index (κ2) is 8.48. The predicted octanol–water partition coefficient (Wildman–Crippen LogP) is 2.19. The van der Waals surface area contributed by atoms with Crippen LogP contribution >= 0.6 is 11.8 Å². The fourth-order valence-electron chi connectivity index (χ4n) is 3.78. The number of thioether (sulfide) groups is 1.